The van der Waals surface area contributed by atoms with Gasteiger partial charge in [0.1, 0.15) is 10.8 Å². The highest BCUT2D eigenvalue weighted by Gasteiger charge is 2.06. The van der Waals surface area contributed by atoms with Crippen molar-refractivity contribution in [3.8, 4) is 0 Å². The summed E-state index contributed by atoms with van der Waals surface area (Å²) in [6.45, 7) is 2.56. The Kier molecular flexibility index (Phi) is 4.09. The Morgan fingerprint density at radius 3 is 2.82 bits per heavy atom. The minimum atomic E-state index is -0.221. The minimum Gasteiger partial charge on any atom is -0.316 e. The van der Waals surface area contributed by atoms with Crippen molar-refractivity contribution in [3.05, 3.63) is 34.6 Å². The molecule has 90 valence electrons. The minimum absolute atomic E-state index is 0.221. The van der Waals surface area contributed by atoms with Crippen molar-refractivity contribution in [2.45, 2.75) is 22.7 Å². The van der Waals surface area contributed by atoms with E-state index in [-0.39, 0.29) is 5.82 Å². The van der Waals surface area contributed by atoms with Gasteiger partial charge in [-0.15, -0.1) is 10.2 Å². The van der Waals surface area contributed by atoms with Crippen LogP contribution >= 0.6 is 23.1 Å². The second kappa shape index (κ2) is 5.57. The molecule has 0 unspecified atom stereocenters. The Balaban J connectivity index is 2.20. The van der Waals surface area contributed by atoms with Crippen molar-refractivity contribution >= 4 is 23.1 Å². The van der Waals surface area contributed by atoms with E-state index in [2.05, 4.69) is 15.5 Å². The van der Waals surface area contributed by atoms with E-state index in [0.29, 0.717) is 6.54 Å². The SMILES string of the molecule is CNCc1cc(F)cc(Sc2nnc(C)s2)c1. The Bertz CT molecular complexity index is 513. The van der Waals surface area contributed by atoms with Crippen LogP contribution in [0.4, 0.5) is 4.39 Å². The summed E-state index contributed by atoms with van der Waals surface area (Å²) in [5.41, 5.74) is 0.927. The van der Waals surface area contributed by atoms with Gasteiger partial charge in [-0.25, -0.2) is 4.39 Å². The third kappa shape index (κ3) is 3.49. The molecule has 0 fully saturated rings. The van der Waals surface area contributed by atoms with E-state index in [0.717, 1.165) is 19.8 Å². The normalized spacial score (nSPS) is 10.8. The molecule has 1 heterocycles. The summed E-state index contributed by atoms with van der Waals surface area (Å²) in [6.07, 6.45) is 0. The van der Waals surface area contributed by atoms with Gasteiger partial charge in [-0.1, -0.05) is 23.1 Å². The molecular weight excluding hydrogens is 257 g/mol. The predicted molar refractivity (Wildman–Crippen MR) is 67.9 cm³/mol. The fraction of sp³-hybridized carbons (Fsp3) is 0.273. The molecule has 17 heavy (non-hydrogen) atoms. The van der Waals surface area contributed by atoms with Crippen molar-refractivity contribution in [2.75, 3.05) is 7.05 Å². The van der Waals surface area contributed by atoms with Crippen molar-refractivity contribution < 1.29 is 4.39 Å². The van der Waals surface area contributed by atoms with E-state index in [1.54, 1.807) is 0 Å². The highest BCUT2D eigenvalue weighted by molar-refractivity contribution is 8.01. The lowest BCUT2D eigenvalue weighted by Crippen LogP contribution is -2.05. The summed E-state index contributed by atoms with van der Waals surface area (Å²) in [4.78, 5) is 0.853. The summed E-state index contributed by atoms with van der Waals surface area (Å²) in [6, 6.07) is 5.01. The average Bonchev–Trinajstić information content (AvgIpc) is 2.63. The first-order valence-electron chi connectivity index (χ1n) is 5.09. The van der Waals surface area contributed by atoms with Gasteiger partial charge >= 0.3 is 0 Å². The second-order valence-corrected chi connectivity index (χ2v) is 6.02. The lowest BCUT2D eigenvalue weighted by Gasteiger charge is -2.03. The zero-order valence-electron chi connectivity index (χ0n) is 9.53. The smallest absolute Gasteiger partial charge is 0.179 e. The number of aryl methyl sites for hydroxylation is 1. The molecule has 1 N–H and O–H groups in total. The van der Waals surface area contributed by atoms with Crippen LogP contribution in [0.3, 0.4) is 0 Å². The summed E-state index contributed by atoms with van der Waals surface area (Å²) in [5.74, 6) is -0.221. The van der Waals surface area contributed by atoms with Crippen LogP contribution in [0.15, 0.2) is 27.4 Å². The number of rotatable bonds is 4. The van der Waals surface area contributed by atoms with E-state index >= 15 is 0 Å². The fourth-order valence-electron chi connectivity index (χ4n) is 1.41. The Labute approximate surface area is 107 Å². The zero-order chi connectivity index (χ0) is 12.3. The molecule has 0 saturated heterocycles. The molecule has 1 aromatic heterocycles. The number of hydrogen-bond acceptors (Lipinski definition) is 5. The van der Waals surface area contributed by atoms with Crippen LogP contribution in [0.1, 0.15) is 10.6 Å². The fourth-order valence-corrected chi connectivity index (χ4v) is 3.30. The molecule has 0 bridgehead atoms. The molecule has 0 aliphatic rings. The van der Waals surface area contributed by atoms with Crippen molar-refractivity contribution in [2.24, 2.45) is 0 Å². The number of halogens is 1. The topological polar surface area (TPSA) is 37.8 Å². The predicted octanol–water partition coefficient (Wildman–Crippen LogP) is 2.86. The largest absolute Gasteiger partial charge is 0.316 e. The molecule has 2 aromatic rings. The van der Waals surface area contributed by atoms with Crippen LogP contribution in [0, 0.1) is 12.7 Å². The second-order valence-electron chi connectivity index (χ2n) is 3.51. The maximum absolute atomic E-state index is 13.4. The maximum Gasteiger partial charge on any atom is 0.179 e. The Morgan fingerprint density at radius 2 is 2.18 bits per heavy atom. The monoisotopic (exact) mass is 269 g/mol. The molecule has 0 aliphatic carbocycles. The first kappa shape index (κ1) is 12.5. The van der Waals surface area contributed by atoms with Gasteiger partial charge in [0.15, 0.2) is 4.34 Å². The van der Waals surface area contributed by atoms with Gasteiger partial charge in [-0.2, -0.15) is 0 Å². The molecule has 0 aliphatic heterocycles. The van der Waals surface area contributed by atoms with Crippen LogP contribution in [0.2, 0.25) is 0 Å². The lowest BCUT2D eigenvalue weighted by molar-refractivity contribution is 0.619. The summed E-state index contributed by atoms with van der Waals surface area (Å²) in [7, 11) is 1.84. The number of nitrogens with one attached hydrogen (secondary N) is 1. The van der Waals surface area contributed by atoms with E-state index in [4.69, 9.17) is 0 Å². The Morgan fingerprint density at radius 1 is 1.35 bits per heavy atom. The van der Waals surface area contributed by atoms with Crippen molar-refractivity contribution in [1.29, 1.82) is 0 Å². The average molecular weight is 269 g/mol. The third-order valence-corrected chi connectivity index (χ3v) is 3.89. The Hall–Kier alpha value is -0.980. The summed E-state index contributed by atoms with van der Waals surface area (Å²) >= 11 is 2.95. The van der Waals surface area contributed by atoms with Crippen LogP contribution in [0.25, 0.3) is 0 Å². The van der Waals surface area contributed by atoms with Gasteiger partial charge in [-0.05, 0) is 37.7 Å². The van der Waals surface area contributed by atoms with Gasteiger partial charge < -0.3 is 5.32 Å². The molecule has 0 amide bonds. The third-order valence-electron chi connectivity index (χ3n) is 2.02. The van der Waals surface area contributed by atoms with Crippen LogP contribution in [-0.4, -0.2) is 17.2 Å². The van der Waals surface area contributed by atoms with Gasteiger partial charge in [0.05, 0.1) is 0 Å². The van der Waals surface area contributed by atoms with Crippen LogP contribution in [0.5, 0.6) is 0 Å². The first-order valence-corrected chi connectivity index (χ1v) is 6.72. The van der Waals surface area contributed by atoms with E-state index < -0.39 is 0 Å². The van der Waals surface area contributed by atoms with Crippen molar-refractivity contribution in [1.82, 2.24) is 15.5 Å². The highest BCUT2D eigenvalue weighted by Crippen LogP contribution is 2.30. The maximum atomic E-state index is 13.4. The first-order chi connectivity index (χ1) is 8.17. The molecule has 1 aromatic carbocycles. The molecule has 3 nitrogen and oxygen atoms in total. The molecule has 2 rings (SSSR count). The molecule has 0 atom stereocenters. The number of hydrogen-bond donors (Lipinski definition) is 1. The molecule has 0 spiro atoms. The van der Waals surface area contributed by atoms with Gasteiger partial charge in [0.25, 0.3) is 0 Å². The van der Waals surface area contributed by atoms with Gasteiger partial charge in [0, 0.05) is 11.4 Å². The molecule has 0 radical (unpaired) electrons. The van der Waals surface area contributed by atoms with E-state index in [1.165, 1.54) is 35.2 Å². The van der Waals surface area contributed by atoms with Gasteiger partial charge in [0.2, 0.25) is 0 Å². The highest BCUT2D eigenvalue weighted by atomic mass is 32.2. The van der Waals surface area contributed by atoms with Crippen LogP contribution in [-0.2, 0) is 6.54 Å². The summed E-state index contributed by atoms with van der Waals surface area (Å²) in [5, 5.41) is 11.9. The van der Waals surface area contributed by atoms with E-state index in [9.17, 15) is 4.39 Å². The quantitative estimate of drug-likeness (QED) is 0.926. The standard InChI is InChI=1S/C11H12FN3S2/c1-7-14-15-11(16-7)17-10-4-8(6-13-2)3-9(12)5-10/h3-5,13H,6H2,1-2H3. The van der Waals surface area contributed by atoms with Gasteiger partial charge in [-0.3, -0.25) is 0 Å². The number of nitrogens with zero attached hydrogens (tertiary/aromatic N) is 2. The lowest BCUT2D eigenvalue weighted by atomic mass is 10.2. The summed E-state index contributed by atoms with van der Waals surface area (Å²) < 4.78 is 14.2. The van der Waals surface area contributed by atoms with Crippen molar-refractivity contribution in [3.63, 3.8) is 0 Å². The van der Waals surface area contributed by atoms with E-state index in [1.807, 2.05) is 20.0 Å². The molecule has 0 saturated carbocycles. The number of benzene rings is 1. The number of aromatic nitrogens is 2. The van der Waals surface area contributed by atoms with Crippen LogP contribution < -0.4 is 5.32 Å². The zero-order valence-corrected chi connectivity index (χ0v) is 11.2. The molecule has 6 heteroatoms. The molecular formula is C11H12FN3S2.